The molecule has 8 heteroatoms. The second kappa shape index (κ2) is 7.01. The number of rotatable bonds is 7. The Morgan fingerprint density at radius 3 is 2.57 bits per heavy atom. The number of aromatic nitrogens is 2. The Hall–Kier alpha value is -2.06. The first-order valence-corrected chi connectivity index (χ1v) is 8.62. The van der Waals surface area contributed by atoms with Crippen LogP contribution in [0.2, 0.25) is 0 Å². The number of aryl methyl sites for hydroxylation is 3. The molecule has 0 aliphatic carbocycles. The van der Waals surface area contributed by atoms with E-state index in [1.54, 1.807) is 27.0 Å². The van der Waals surface area contributed by atoms with E-state index in [1.807, 2.05) is 19.1 Å². The first-order chi connectivity index (χ1) is 10.8. The van der Waals surface area contributed by atoms with Crippen molar-refractivity contribution in [1.29, 1.82) is 0 Å². The number of aromatic amines is 1. The van der Waals surface area contributed by atoms with Gasteiger partial charge >= 0.3 is 0 Å². The van der Waals surface area contributed by atoms with Gasteiger partial charge in [-0.2, -0.15) is 5.10 Å². The Labute approximate surface area is 136 Å². The molecule has 0 amide bonds. The maximum atomic E-state index is 12.3. The molecule has 2 rings (SSSR count). The summed E-state index contributed by atoms with van der Waals surface area (Å²) in [5, 5.41) is 6.56. The van der Waals surface area contributed by atoms with Crippen molar-refractivity contribution in [2.45, 2.75) is 25.7 Å². The van der Waals surface area contributed by atoms with Crippen molar-refractivity contribution in [2.75, 3.05) is 20.3 Å². The van der Waals surface area contributed by atoms with Crippen LogP contribution in [-0.2, 0) is 10.0 Å². The van der Waals surface area contributed by atoms with Crippen molar-refractivity contribution in [2.24, 2.45) is 0 Å². The lowest BCUT2D eigenvalue weighted by molar-refractivity contribution is 0.298. The fourth-order valence-corrected chi connectivity index (χ4v) is 3.62. The summed E-state index contributed by atoms with van der Waals surface area (Å²) >= 11 is 0. The lowest BCUT2D eigenvalue weighted by atomic mass is 10.2. The van der Waals surface area contributed by atoms with Gasteiger partial charge in [0, 0.05) is 6.54 Å². The van der Waals surface area contributed by atoms with Gasteiger partial charge < -0.3 is 9.47 Å². The van der Waals surface area contributed by atoms with Crippen LogP contribution in [0.15, 0.2) is 23.1 Å². The van der Waals surface area contributed by atoms with Gasteiger partial charge in [0.2, 0.25) is 10.0 Å². The zero-order valence-corrected chi connectivity index (χ0v) is 14.5. The van der Waals surface area contributed by atoms with Crippen molar-refractivity contribution in [3.63, 3.8) is 0 Å². The van der Waals surface area contributed by atoms with Crippen molar-refractivity contribution in [3.8, 4) is 11.5 Å². The smallest absolute Gasteiger partial charge is 0.244 e. The molecular weight excluding hydrogens is 318 g/mol. The van der Waals surface area contributed by atoms with E-state index >= 15 is 0 Å². The summed E-state index contributed by atoms with van der Waals surface area (Å²) in [4.78, 5) is 0.186. The van der Waals surface area contributed by atoms with Gasteiger partial charge in [0.15, 0.2) is 11.5 Å². The van der Waals surface area contributed by atoms with E-state index in [1.165, 1.54) is 0 Å². The van der Waals surface area contributed by atoms with Gasteiger partial charge in [-0.15, -0.1) is 0 Å². The van der Waals surface area contributed by atoms with Crippen LogP contribution in [0.5, 0.6) is 11.5 Å². The molecular formula is C15H21N3O4S. The molecule has 126 valence electrons. The second-order valence-electron chi connectivity index (χ2n) is 5.16. The summed E-state index contributed by atoms with van der Waals surface area (Å²) in [6, 6.07) is 5.56. The van der Waals surface area contributed by atoms with Crippen LogP contribution in [0.3, 0.4) is 0 Å². The monoisotopic (exact) mass is 339 g/mol. The molecule has 0 fully saturated rings. The standard InChI is InChI=1S/C15H21N3O4S/c1-10-5-6-13(14(9-10)21-4)22-8-7-16-23(19,20)15-11(2)17-18-12(15)3/h5-6,9,16H,7-8H2,1-4H3,(H,17,18). The van der Waals surface area contributed by atoms with Crippen molar-refractivity contribution in [1.82, 2.24) is 14.9 Å². The van der Waals surface area contributed by atoms with Crippen LogP contribution in [0, 0.1) is 20.8 Å². The maximum absolute atomic E-state index is 12.3. The Morgan fingerprint density at radius 1 is 1.22 bits per heavy atom. The summed E-state index contributed by atoms with van der Waals surface area (Å²) in [5.41, 5.74) is 2.01. The molecule has 0 bridgehead atoms. The zero-order valence-electron chi connectivity index (χ0n) is 13.6. The highest BCUT2D eigenvalue weighted by molar-refractivity contribution is 7.89. The van der Waals surface area contributed by atoms with E-state index in [0.717, 1.165) is 5.56 Å². The molecule has 0 saturated carbocycles. The Kier molecular flexibility index (Phi) is 5.27. The molecule has 7 nitrogen and oxygen atoms in total. The molecule has 0 spiro atoms. The zero-order chi connectivity index (χ0) is 17.0. The Bertz CT molecular complexity index is 765. The van der Waals surface area contributed by atoms with Crippen LogP contribution >= 0.6 is 0 Å². The quantitative estimate of drug-likeness (QED) is 0.749. The highest BCUT2D eigenvalue weighted by Gasteiger charge is 2.21. The van der Waals surface area contributed by atoms with E-state index in [0.29, 0.717) is 22.9 Å². The van der Waals surface area contributed by atoms with Gasteiger partial charge in [0.25, 0.3) is 0 Å². The molecule has 1 aromatic carbocycles. The van der Waals surface area contributed by atoms with Gasteiger partial charge in [-0.1, -0.05) is 6.07 Å². The predicted octanol–water partition coefficient (Wildman–Crippen LogP) is 1.70. The van der Waals surface area contributed by atoms with E-state index in [4.69, 9.17) is 9.47 Å². The number of nitrogens with one attached hydrogen (secondary N) is 2. The SMILES string of the molecule is COc1cc(C)ccc1OCCNS(=O)(=O)c1c(C)n[nH]c1C. The minimum atomic E-state index is -3.61. The van der Waals surface area contributed by atoms with E-state index in [2.05, 4.69) is 14.9 Å². The number of nitrogens with zero attached hydrogens (tertiary/aromatic N) is 1. The minimum absolute atomic E-state index is 0.142. The lowest BCUT2D eigenvalue weighted by Crippen LogP contribution is -2.29. The summed E-state index contributed by atoms with van der Waals surface area (Å²) in [5.74, 6) is 1.20. The first-order valence-electron chi connectivity index (χ1n) is 7.14. The van der Waals surface area contributed by atoms with Gasteiger partial charge in [0.1, 0.15) is 11.5 Å². The number of hydrogen-bond acceptors (Lipinski definition) is 5. The van der Waals surface area contributed by atoms with Crippen LogP contribution < -0.4 is 14.2 Å². The Balaban J connectivity index is 1.96. The summed E-state index contributed by atoms with van der Waals surface area (Å²) < 4.78 is 37.9. The third-order valence-electron chi connectivity index (χ3n) is 3.30. The Morgan fingerprint density at radius 2 is 1.96 bits per heavy atom. The molecule has 0 saturated heterocycles. The van der Waals surface area contributed by atoms with Gasteiger partial charge in [0.05, 0.1) is 18.5 Å². The molecule has 1 aromatic heterocycles. The molecule has 0 atom stereocenters. The second-order valence-corrected chi connectivity index (χ2v) is 6.87. The van der Waals surface area contributed by atoms with Gasteiger partial charge in [-0.25, -0.2) is 13.1 Å². The summed E-state index contributed by atoms with van der Waals surface area (Å²) in [6.07, 6.45) is 0. The number of benzene rings is 1. The van der Waals surface area contributed by atoms with Crippen molar-refractivity contribution in [3.05, 3.63) is 35.2 Å². The molecule has 23 heavy (non-hydrogen) atoms. The summed E-state index contributed by atoms with van der Waals surface area (Å²) in [7, 11) is -2.05. The van der Waals surface area contributed by atoms with E-state index in [9.17, 15) is 8.42 Å². The topological polar surface area (TPSA) is 93.3 Å². The highest BCUT2D eigenvalue weighted by Crippen LogP contribution is 2.27. The van der Waals surface area contributed by atoms with Gasteiger partial charge in [-0.05, 0) is 38.5 Å². The maximum Gasteiger partial charge on any atom is 0.244 e. The van der Waals surface area contributed by atoms with Crippen LogP contribution in [-0.4, -0.2) is 38.9 Å². The molecule has 0 aliphatic rings. The van der Waals surface area contributed by atoms with Gasteiger partial charge in [-0.3, -0.25) is 5.10 Å². The van der Waals surface area contributed by atoms with Crippen LogP contribution in [0.1, 0.15) is 17.0 Å². The normalized spacial score (nSPS) is 11.5. The van der Waals surface area contributed by atoms with E-state index in [-0.39, 0.29) is 18.0 Å². The number of sulfonamides is 1. The number of hydrogen-bond donors (Lipinski definition) is 2. The fraction of sp³-hybridized carbons (Fsp3) is 0.400. The van der Waals surface area contributed by atoms with Crippen LogP contribution in [0.25, 0.3) is 0 Å². The first kappa shape index (κ1) is 17.3. The number of ether oxygens (including phenoxy) is 2. The van der Waals surface area contributed by atoms with Crippen molar-refractivity contribution >= 4 is 10.0 Å². The highest BCUT2D eigenvalue weighted by atomic mass is 32.2. The lowest BCUT2D eigenvalue weighted by Gasteiger charge is -2.12. The molecule has 0 aliphatic heterocycles. The molecule has 0 radical (unpaired) electrons. The number of H-pyrrole nitrogens is 1. The third-order valence-corrected chi connectivity index (χ3v) is 5.02. The summed E-state index contributed by atoms with van der Waals surface area (Å²) in [6.45, 7) is 5.60. The van der Waals surface area contributed by atoms with Crippen LogP contribution in [0.4, 0.5) is 0 Å². The molecule has 0 unspecified atom stereocenters. The predicted molar refractivity (Wildman–Crippen MR) is 86.5 cm³/mol. The molecule has 2 aromatic rings. The van der Waals surface area contributed by atoms with Crippen molar-refractivity contribution < 1.29 is 17.9 Å². The largest absolute Gasteiger partial charge is 0.493 e. The average Bonchev–Trinajstić information content (AvgIpc) is 2.84. The molecule has 1 heterocycles. The van der Waals surface area contributed by atoms with E-state index < -0.39 is 10.0 Å². The minimum Gasteiger partial charge on any atom is -0.493 e. The fourth-order valence-electron chi connectivity index (χ4n) is 2.24. The third kappa shape index (κ3) is 4.02. The number of methoxy groups -OCH3 is 1. The average molecular weight is 339 g/mol. The molecule has 2 N–H and O–H groups in total.